The summed E-state index contributed by atoms with van der Waals surface area (Å²) in [6.45, 7) is 3.71. The molecule has 1 aromatic carbocycles. The molecule has 1 unspecified atom stereocenters. The SMILES string of the molecule is CCNCC(c1ccc(F)cc1F)C1CCCC1. The maximum Gasteiger partial charge on any atom is 0.129 e. The van der Waals surface area contributed by atoms with E-state index in [0.29, 0.717) is 11.5 Å². The average molecular weight is 253 g/mol. The Balaban J connectivity index is 2.20. The summed E-state index contributed by atoms with van der Waals surface area (Å²) in [7, 11) is 0. The van der Waals surface area contributed by atoms with Crippen molar-refractivity contribution in [1.82, 2.24) is 5.32 Å². The normalized spacial score (nSPS) is 18.2. The first-order chi connectivity index (χ1) is 8.72. The first kappa shape index (κ1) is 13.5. The minimum absolute atomic E-state index is 0.174. The van der Waals surface area contributed by atoms with Crippen LogP contribution in [0.2, 0.25) is 0 Å². The Labute approximate surface area is 108 Å². The number of halogens is 2. The lowest BCUT2D eigenvalue weighted by molar-refractivity contribution is 0.400. The van der Waals surface area contributed by atoms with Gasteiger partial charge in [0, 0.05) is 18.5 Å². The summed E-state index contributed by atoms with van der Waals surface area (Å²) < 4.78 is 26.9. The van der Waals surface area contributed by atoms with Gasteiger partial charge in [0.1, 0.15) is 11.6 Å². The highest BCUT2D eigenvalue weighted by Gasteiger charge is 2.27. The molecule has 1 N–H and O–H groups in total. The van der Waals surface area contributed by atoms with Gasteiger partial charge in [0.2, 0.25) is 0 Å². The van der Waals surface area contributed by atoms with Gasteiger partial charge in [0.25, 0.3) is 0 Å². The molecule has 1 aromatic rings. The van der Waals surface area contributed by atoms with Crippen LogP contribution < -0.4 is 5.32 Å². The molecule has 2 rings (SSSR count). The molecule has 0 aromatic heterocycles. The van der Waals surface area contributed by atoms with Crippen molar-refractivity contribution in [2.24, 2.45) is 5.92 Å². The molecule has 0 aliphatic heterocycles. The van der Waals surface area contributed by atoms with Crippen LogP contribution in [0.3, 0.4) is 0 Å². The van der Waals surface area contributed by atoms with Crippen LogP contribution in [-0.4, -0.2) is 13.1 Å². The van der Waals surface area contributed by atoms with Crippen molar-refractivity contribution >= 4 is 0 Å². The van der Waals surface area contributed by atoms with Crippen molar-refractivity contribution < 1.29 is 8.78 Å². The second kappa shape index (κ2) is 6.28. The van der Waals surface area contributed by atoms with Gasteiger partial charge in [0.05, 0.1) is 0 Å². The molecular weight excluding hydrogens is 232 g/mol. The fourth-order valence-corrected chi connectivity index (χ4v) is 2.99. The van der Waals surface area contributed by atoms with Crippen molar-refractivity contribution in [2.75, 3.05) is 13.1 Å². The van der Waals surface area contributed by atoms with E-state index in [1.54, 1.807) is 6.07 Å². The smallest absolute Gasteiger partial charge is 0.129 e. The third kappa shape index (κ3) is 3.08. The van der Waals surface area contributed by atoms with Crippen LogP contribution in [0.25, 0.3) is 0 Å². The molecule has 1 aliphatic rings. The summed E-state index contributed by atoms with van der Waals surface area (Å²) in [6.07, 6.45) is 4.78. The first-order valence-corrected chi connectivity index (χ1v) is 6.88. The van der Waals surface area contributed by atoms with E-state index in [2.05, 4.69) is 5.32 Å². The van der Waals surface area contributed by atoms with E-state index in [-0.39, 0.29) is 5.92 Å². The van der Waals surface area contributed by atoms with Crippen LogP contribution in [-0.2, 0) is 0 Å². The van der Waals surface area contributed by atoms with Gasteiger partial charge in [-0.3, -0.25) is 0 Å². The first-order valence-electron chi connectivity index (χ1n) is 6.88. The number of likely N-dealkylation sites (N-methyl/N-ethyl adjacent to an activating group) is 1. The third-order valence-corrected chi connectivity index (χ3v) is 3.95. The molecule has 1 saturated carbocycles. The second-order valence-corrected chi connectivity index (χ2v) is 5.12. The van der Waals surface area contributed by atoms with Gasteiger partial charge in [-0.05, 0) is 36.9 Å². The topological polar surface area (TPSA) is 12.0 Å². The summed E-state index contributed by atoms with van der Waals surface area (Å²) in [4.78, 5) is 0. The zero-order valence-corrected chi connectivity index (χ0v) is 10.9. The molecule has 1 atom stereocenters. The van der Waals surface area contributed by atoms with Gasteiger partial charge >= 0.3 is 0 Å². The van der Waals surface area contributed by atoms with Crippen molar-refractivity contribution in [2.45, 2.75) is 38.5 Å². The van der Waals surface area contributed by atoms with E-state index in [1.807, 2.05) is 6.92 Å². The zero-order valence-electron chi connectivity index (χ0n) is 10.9. The molecular formula is C15H21F2N. The van der Waals surface area contributed by atoms with Crippen molar-refractivity contribution in [3.05, 3.63) is 35.4 Å². The average Bonchev–Trinajstić information content (AvgIpc) is 2.85. The second-order valence-electron chi connectivity index (χ2n) is 5.12. The Morgan fingerprint density at radius 3 is 2.61 bits per heavy atom. The Morgan fingerprint density at radius 2 is 2.00 bits per heavy atom. The third-order valence-electron chi connectivity index (χ3n) is 3.95. The summed E-state index contributed by atoms with van der Waals surface area (Å²) in [6, 6.07) is 3.99. The molecule has 0 saturated heterocycles. The standard InChI is InChI=1S/C15H21F2N/c1-2-18-10-14(11-5-3-4-6-11)13-8-7-12(16)9-15(13)17/h7-9,11,14,18H,2-6,10H2,1H3. The van der Waals surface area contributed by atoms with Crippen molar-refractivity contribution in [1.29, 1.82) is 0 Å². The quantitative estimate of drug-likeness (QED) is 0.840. The lowest BCUT2D eigenvalue weighted by Gasteiger charge is -2.24. The molecule has 0 amide bonds. The predicted molar refractivity (Wildman–Crippen MR) is 69.6 cm³/mol. The molecule has 100 valence electrons. The Bertz CT molecular complexity index is 386. The number of nitrogens with one attached hydrogen (secondary N) is 1. The molecule has 1 nitrogen and oxygen atoms in total. The summed E-state index contributed by atoms with van der Waals surface area (Å²) in [5.41, 5.74) is 0.671. The molecule has 0 spiro atoms. The predicted octanol–water partition coefficient (Wildman–Crippen LogP) is 3.85. The van der Waals surface area contributed by atoms with Crippen molar-refractivity contribution in [3.63, 3.8) is 0 Å². The van der Waals surface area contributed by atoms with Gasteiger partial charge in [-0.2, -0.15) is 0 Å². The minimum atomic E-state index is -0.495. The minimum Gasteiger partial charge on any atom is -0.316 e. The van der Waals surface area contributed by atoms with Crippen LogP contribution >= 0.6 is 0 Å². The highest BCUT2D eigenvalue weighted by Crippen LogP contribution is 2.37. The maximum absolute atomic E-state index is 13.9. The fourth-order valence-electron chi connectivity index (χ4n) is 2.99. The van der Waals surface area contributed by atoms with E-state index in [4.69, 9.17) is 0 Å². The van der Waals surface area contributed by atoms with Crippen LogP contribution in [0.1, 0.15) is 44.1 Å². The largest absolute Gasteiger partial charge is 0.316 e. The van der Waals surface area contributed by atoms with Gasteiger partial charge < -0.3 is 5.32 Å². The maximum atomic E-state index is 13.9. The van der Waals surface area contributed by atoms with Crippen LogP contribution in [0, 0.1) is 17.6 Å². The van der Waals surface area contributed by atoms with Crippen molar-refractivity contribution in [3.8, 4) is 0 Å². The Hall–Kier alpha value is -0.960. The Kier molecular flexibility index (Phi) is 4.70. The summed E-state index contributed by atoms with van der Waals surface area (Å²) >= 11 is 0. The van der Waals surface area contributed by atoms with E-state index < -0.39 is 11.6 Å². The van der Waals surface area contributed by atoms with Gasteiger partial charge in [0.15, 0.2) is 0 Å². The fraction of sp³-hybridized carbons (Fsp3) is 0.600. The van der Waals surface area contributed by atoms with Crippen LogP contribution in [0.5, 0.6) is 0 Å². The molecule has 0 radical (unpaired) electrons. The van der Waals surface area contributed by atoms with E-state index in [1.165, 1.54) is 18.9 Å². The highest BCUT2D eigenvalue weighted by atomic mass is 19.1. The number of rotatable bonds is 5. The molecule has 3 heteroatoms. The summed E-state index contributed by atoms with van der Waals surface area (Å²) in [5.74, 6) is -0.188. The zero-order chi connectivity index (χ0) is 13.0. The van der Waals surface area contributed by atoms with Crippen LogP contribution in [0.15, 0.2) is 18.2 Å². The van der Waals surface area contributed by atoms with E-state index in [0.717, 1.165) is 32.0 Å². The van der Waals surface area contributed by atoms with Crippen LogP contribution in [0.4, 0.5) is 8.78 Å². The molecule has 0 heterocycles. The molecule has 18 heavy (non-hydrogen) atoms. The lowest BCUT2D eigenvalue weighted by atomic mass is 9.84. The molecule has 1 fully saturated rings. The van der Waals surface area contributed by atoms with E-state index >= 15 is 0 Å². The van der Waals surface area contributed by atoms with E-state index in [9.17, 15) is 8.78 Å². The number of hydrogen-bond donors (Lipinski definition) is 1. The van der Waals surface area contributed by atoms with Gasteiger partial charge in [-0.1, -0.05) is 25.8 Å². The monoisotopic (exact) mass is 253 g/mol. The Morgan fingerprint density at radius 1 is 1.28 bits per heavy atom. The summed E-state index contributed by atoms with van der Waals surface area (Å²) in [5, 5.41) is 3.31. The lowest BCUT2D eigenvalue weighted by Crippen LogP contribution is -2.26. The molecule has 0 bridgehead atoms. The number of benzene rings is 1. The number of hydrogen-bond acceptors (Lipinski definition) is 1. The van der Waals surface area contributed by atoms with Gasteiger partial charge in [-0.25, -0.2) is 8.78 Å². The molecule has 1 aliphatic carbocycles. The van der Waals surface area contributed by atoms with Gasteiger partial charge in [-0.15, -0.1) is 0 Å². The highest BCUT2D eigenvalue weighted by molar-refractivity contribution is 5.24.